The van der Waals surface area contributed by atoms with Gasteiger partial charge in [0.1, 0.15) is 5.82 Å². The van der Waals surface area contributed by atoms with Crippen molar-refractivity contribution in [2.75, 3.05) is 5.43 Å². The SMILES string of the molecule is [C-]#[N+]c1ccc(NN)nc1. The standard InChI is InChI=1S/C6H6N4/c1-8-5-2-3-6(10-7)9-4-5/h2-4H,7H2,(H,9,10). The van der Waals surface area contributed by atoms with Crippen LogP contribution in [-0.4, -0.2) is 4.98 Å². The van der Waals surface area contributed by atoms with Gasteiger partial charge in [0, 0.05) is 6.20 Å². The highest BCUT2D eigenvalue weighted by Crippen LogP contribution is 2.10. The summed E-state index contributed by atoms with van der Waals surface area (Å²) in [6.07, 6.45) is 1.46. The molecular weight excluding hydrogens is 128 g/mol. The first-order valence-corrected chi connectivity index (χ1v) is 2.67. The van der Waals surface area contributed by atoms with Crippen molar-refractivity contribution in [3.63, 3.8) is 0 Å². The third-order valence-electron chi connectivity index (χ3n) is 1.02. The minimum atomic E-state index is 0.513. The summed E-state index contributed by atoms with van der Waals surface area (Å²) >= 11 is 0. The summed E-state index contributed by atoms with van der Waals surface area (Å²) in [5.41, 5.74) is 2.88. The molecule has 4 nitrogen and oxygen atoms in total. The van der Waals surface area contributed by atoms with E-state index in [9.17, 15) is 0 Å². The first-order chi connectivity index (χ1) is 4.86. The maximum atomic E-state index is 6.60. The van der Waals surface area contributed by atoms with Crippen molar-refractivity contribution < 1.29 is 0 Å². The molecular formula is C6H6N4. The molecule has 1 rings (SSSR count). The Morgan fingerprint density at radius 2 is 2.40 bits per heavy atom. The molecule has 0 aromatic carbocycles. The molecule has 0 aliphatic carbocycles. The van der Waals surface area contributed by atoms with Crippen LogP contribution in [0.5, 0.6) is 0 Å². The summed E-state index contributed by atoms with van der Waals surface area (Å²) in [6, 6.07) is 3.29. The van der Waals surface area contributed by atoms with Gasteiger partial charge in [0.15, 0.2) is 0 Å². The van der Waals surface area contributed by atoms with Crippen molar-refractivity contribution in [1.82, 2.24) is 4.98 Å². The summed E-state index contributed by atoms with van der Waals surface area (Å²) in [5, 5.41) is 0. The number of hydrazine groups is 1. The minimum Gasteiger partial charge on any atom is -0.309 e. The summed E-state index contributed by atoms with van der Waals surface area (Å²) in [7, 11) is 0. The van der Waals surface area contributed by atoms with E-state index in [-0.39, 0.29) is 0 Å². The Morgan fingerprint density at radius 3 is 2.80 bits per heavy atom. The zero-order valence-electron chi connectivity index (χ0n) is 5.20. The number of pyridine rings is 1. The molecule has 3 N–H and O–H groups in total. The molecule has 0 atom stereocenters. The smallest absolute Gasteiger partial charge is 0.205 e. The highest BCUT2D eigenvalue weighted by atomic mass is 15.2. The van der Waals surface area contributed by atoms with E-state index in [1.807, 2.05) is 0 Å². The van der Waals surface area contributed by atoms with Crippen LogP contribution in [0.4, 0.5) is 11.5 Å². The fourth-order valence-electron chi connectivity index (χ4n) is 0.538. The van der Waals surface area contributed by atoms with Crippen molar-refractivity contribution in [3.05, 3.63) is 29.7 Å². The first-order valence-electron chi connectivity index (χ1n) is 2.67. The van der Waals surface area contributed by atoms with E-state index in [4.69, 9.17) is 12.4 Å². The van der Waals surface area contributed by atoms with E-state index in [0.29, 0.717) is 11.5 Å². The predicted octanol–water partition coefficient (Wildman–Crippen LogP) is 0.918. The largest absolute Gasteiger partial charge is 0.309 e. The summed E-state index contributed by atoms with van der Waals surface area (Å²) < 4.78 is 0. The molecule has 0 bridgehead atoms. The molecule has 0 amide bonds. The number of nitrogens with zero attached hydrogens (tertiary/aromatic N) is 2. The second kappa shape index (κ2) is 2.80. The average molecular weight is 134 g/mol. The van der Waals surface area contributed by atoms with Gasteiger partial charge in [0.05, 0.1) is 6.57 Å². The van der Waals surface area contributed by atoms with E-state index >= 15 is 0 Å². The number of rotatable bonds is 1. The summed E-state index contributed by atoms with van der Waals surface area (Å²) in [5.74, 6) is 5.61. The lowest BCUT2D eigenvalue weighted by molar-refractivity contribution is 1.23. The summed E-state index contributed by atoms with van der Waals surface area (Å²) in [6.45, 7) is 6.60. The van der Waals surface area contributed by atoms with E-state index in [1.54, 1.807) is 12.1 Å². The molecule has 0 spiro atoms. The lowest BCUT2D eigenvalue weighted by Crippen LogP contribution is -2.07. The predicted molar refractivity (Wildman–Crippen MR) is 38.3 cm³/mol. The van der Waals surface area contributed by atoms with Gasteiger partial charge in [0.2, 0.25) is 5.69 Å². The Labute approximate surface area is 58.5 Å². The van der Waals surface area contributed by atoms with Crippen LogP contribution in [0.25, 0.3) is 4.85 Å². The van der Waals surface area contributed by atoms with Crippen LogP contribution in [0.2, 0.25) is 0 Å². The normalized spacial score (nSPS) is 8.40. The zero-order valence-corrected chi connectivity index (χ0v) is 5.20. The molecule has 0 aliphatic heterocycles. The van der Waals surface area contributed by atoms with Gasteiger partial charge in [-0.3, -0.25) is 0 Å². The maximum absolute atomic E-state index is 6.60. The maximum Gasteiger partial charge on any atom is 0.205 e. The van der Waals surface area contributed by atoms with Crippen LogP contribution in [0.1, 0.15) is 0 Å². The van der Waals surface area contributed by atoms with Gasteiger partial charge < -0.3 is 5.43 Å². The molecule has 1 heterocycles. The second-order valence-electron chi connectivity index (χ2n) is 1.66. The van der Waals surface area contributed by atoms with Crippen LogP contribution in [-0.2, 0) is 0 Å². The molecule has 0 unspecified atom stereocenters. The lowest BCUT2D eigenvalue weighted by Gasteiger charge is -1.95. The number of hydrogen-bond acceptors (Lipinski definition) is 3. The topological polar surface area (TPSA) is 55.3 Å². The van der Waals surface area contributed by atoms with Crippen molar-refractivity contribution in [2.45, 2.75) is 0 Å². The lowest BCUT2D eigenvalue weighted by atomic mass is 10.4. The number of aromatic nitrogens is 1. The molecule has 1 aromatic rings. The van der Waals surface area contributed by atoms with Crippen LogP contribution in [0.15, 0.2) is 18.3 Å². The molecule has 0 fully saturated rings. The first kappa shape index (κ1) is 6.52. The quantitative estimate of drug-likeness (QED) is 0.341. The summed E-state index contributed by atoms with van der Waals surface area (Å²) in [4.78, 5) is 6.98. The van der Waals surface area contributed by atoms with Gasteiger partial charge in [0.25, 0.3) is 0 Å². The van der Waals surface area contributed by atoms with Gasteiger partial charge in [-0.15, -0.1) is 0 Å². The van der Waals surface area contributed by atoms with E-state index < -0.39 is 0 Å². The Morgan fingerprint density at radius 1 is 1.60 bits per heavy atom. The van der Waals surface area contributed by atoms with Crippen LogP contribution >= 0.6 is 0 Å². The molecule has 0 saturated carbocycles. The van der Waals surface area contributed by atoms with E-state index in [1.165, 1.54) is 6.20 Å². The van der Waals surface area contributed by atoms with Gasteiger partial charge in [-0.25, -0.2) is 15.7 Å². The number of nitrogens with one attached hydrogen (secondary N) is 1. The van der Waals surface area contributed by atoms with Gasteiger partial charge >= 0.3 is 0 Å². The third-order valence-corrected chi connectivity index (χ3v) is 1.02. The Balaban J connectivity index is 2.93. The second-order valence-corrected chi connectivity index (χ2v) is 1.66. The molecule has 4 heteroatoms. The molecule has 0 aliphatic rings. The minimum absolute atomic E-state index is 0.513. The molecule has 0 saturated heterocycles. The fraction of sp³-hybridized carbons (Fsp3) is 0. The molecule has 50 valence electrons. The van der Waals surface area contributed by atoms with Crippen molar-refractivity contribution in [2.24, 2.45) is 5.84 Å². The van der Waals surface area contributed by atoms with Crippen LogP contribution in [0, 0.1) is 6.57 Å². The molecule has 1 aromatic heterocycles. The van der Waals surface area contributed by atoms with Crippen LogP contribution in [0.3, 0.4) is 0 Å². The van der Waals surface area contributed by atoms with Crippen molar-refractivity contribution in [1.29, 1.82) is 0 Å². The van der Waals surface area contributed by atoms with Crippen molar-refractivity contribution in [3.8, 4) is 0 Å². The highest BCUT2D eigenvalue weighted by molar-refractivity contribution is 5.47. The third kappa shape index (κ3) is 1.21. The zero-order chi connectivity index (χ0) is 7.40. The van der Waals surface area contributed by atoms with Crippen molar-refractivity contribution >= 4 is 11.5 Å². The molecule has 10 heavy (non-hydrogen) atoms. The average Bonchev–Trinajstić information content (AvgIpc) is 2.05. The van der Waals surface area contributed by atoms with Crippen LogP contribution < -0.4 is 11.3 Å². The molecule has 0 radical (unpaired) electrons. The van der Waals surface area contributed by atoms with E-state index in [0.717, 1.165) is 0 Å². The van der Waals surface area contributed by atoms with Gasteiger partial charge in [-0.2, -0.15) is 0 Å². The van der Waals surface area contributed by atoms with Gasteiger partial charge in [-0.1, -0.05) is 6.07 Å². The fourth-order valence-corrected chi connectivity index (χ4v) is 0.538. The Kier molecular flexibility index (Phi) is 1.83. The van der Waals surface area contributed by atoms with E-state index in [2.05, 4.69) is 15.3 Å². The number of hydrogen-bond donors (Lipinski definition) is 2. The number of anilines is 1. The Bertz CT molecular complexity index is 245. The number of nitrogens with two attached hydrogens (primary N) is 1. The highest BCUT2D eigenvalue weighted by Gasteiger charge is 1.89. The monoisotopic (exact) mass is 134 g/mol. The van der Waals surface area contributed by atoms with Gasteiger partial charge in [-0.05, 0) is 6.07 Å². The Hall–Kier alpha value is -1.60. The number of nitrogen functional groups attached to an aromatic ring is 1.